The van der Waals surface area contributed by atoms with Crippen LogP contribution in [-0.2, 0) is 19.1 Å². The van der Waals surface area contributed by atoms with E-state index in [0.717, 1.165) is 22.7 Å². The molecule has 3 aromatic rings. The molecule has 2 heterocycles. The molecule has 0 fully saturated rings. The number of hydrogen-bond acceptors (Lipinski definition) is 10. The predicted molar refractivity (Wildman–Crippen MR) is 135 cm³/mol. The number of amides is 1. The molecule has 0 saturated heterocycles. The van der Waals surface area contributed by atoms with Gasteiger partial charge in [0.1, 0.15) is 22.5 Å². The van der Waals surface area contributed by atoms with Gasteiger partial charge < -0.3 is 20.5 Å². The molecule has 1 atom stereocenters. The maximum Gasteiger partial charge on any atom is 0.341 e. The van der Waals surface area contributed by atoms with E-state index in [-0.39, 0.29) is 40.2 Å². The minimum Gasteiger partial charge on any atom is -0.462 e. The Morgan fingerprint density at radius 2 is 2.00 bits per heavy atom. The van der Waals surface area contributed by atoms with Gasteiger partial charge in [-0.05, 0) is 43.2 Å². The van der Waals surface area contributed by atoms with E-state index in [1.54, 1.807) is 45.2 Å². The van der Waals surface area contributed by atoms with E-state index in [1.807, 2.05) is 18.2 Å². The van der Waals surface area contributed by atoms with Crippen molar-refractivity contribution in [1.82, 2.24) is 9.97 Å². The number of ether oxygens (including phenoxy) is 2. The molecule has 1 amide bonds. The van der Waals surface area contributed by atoms with Gasteiger partial charge in [0.15, 0.2) is 6.10 Å². The number of rotatable bonds is 9. The highest BCUT2D eigenvalue weighted by Crippen LogP contribution is 2.26. The van der Waals surface area contributed by atoms with Crippen LogP contribution in [0.25, 0.3) is 10.9 Å². The van der Waals surface area contributed by atoms with E-state index >= 15 is 0 Å². The predicted octanol–water partition coefficient (Wildman–Crippen LogP) is 3.56. The fraction of sp³-hybridized carbons (Fsp3) is 0.280. The molecule has 11 heteroatoms. The van der Waals surface area contributed by atoms with Gasteiger partial charge in [-0.3, -0.25) is 14.6 Å². The smallest absolute Gasteiger partial charge is 0.341 e. The Bertz CT molecular complexity index is 1330. The molecule has 36 heavy (non-hydrogen) atoms. The molecule has 3 rings (SSSR count). The van der Waals surface area contributed by atoms with Crippen LogP contribution in [0.1, 0.15) is 36.7 Å². The first-order valence-electron chi connectivity index (χ1n) is 11.1. The fourth-order valence-corrected chi connectivity index (χ4v) is 4.03. The summed E-state index contributed by atoms with van der Waals surface area (Å²) in [5.41, 5.74) is 7.16. The number of nitriles is 1. The summed E-state index contributed by atoms with van der Waals surface area (Å²) in [4.78, 5) is 45.9. The second-order valence-corrected chi connectivity index (χ2v) is 8.88. The molecule has 0 aliphatic rings. The van der Waals surface area contributed by atoms with Gasteiger partial charge in [0.05, 0.1) is 29.1 Å². The fourth-order valence-electron chi connectivity index (χ4n) is 3.28. The highest BCUT2D eigenvalue weighted by Gasteiger charge is 2.27. The summed E-state index contributed by atoms with van der Waals surface area (Å²) in [6, 6.07) is 12.2. The van der Waals surface area contributed by atoms with E-state index in [1.165, 1.54) is 6.07 Å². The molecular formula is C25H25N5O5S. The number of nitrogens with two attached hydrogens (primary N) is 1. The number of benzene rings is 1. The van der Waals surface area contributed by atoms with Gasteiger partial charge in [0.25, 0.3) is 5.91 Å². The van der Waals surface area contributed by atoms with Crippen molar-refractivity contribution < 1.29 is 23.9 Å². The maximum atomic E-state index is 13.0. The Balaban J connectivity index is 1.69. The van der Waals surface area contributed by atoms with E-state index in [0.29, 0.717) is 5.69 Å². The van der Waals surface area contributed by atoms with Gasteiger partial charge in [0.2, 0.25) is 0 Å². The molecular weight excluding hydrogens is 482 g/mol. The third-order valence-corrected chi connectivity index (χ3v) is 5.95. The zero-order valence-corrected chi connectivity index (χ0v) is 20.8. The SMILES string of the molecule is CCOC(=O)c1cc(C#N)c(SCC(=O)OC(C(=O)Nc2cccc3ncccc23)C(C)C)nc1N. The Labute approximate surface area is 212 Å². The average Bonchev–Trinajstić information content (AvgIpc) is 2.86. The van der Waals surface area contributed by atoms with Crippen molar-refractivity contribution in [2.75, 3.05) is 23.4 Å². The highest BCUT2D eigenvalue weighted by atomic mass is 32.2. The van der Waals surface area contributed by atoms with Crippen LogP contribution in [0.2, 0.25) is 0 Å². The first-order valence-corrected chi connectivity index (χ1v) is 12.1. The van der Waals surface area contributed by atoms with Crippen molar-refractivity contribution in [1.29, 1.82) is 5.26 Å². The van der Waals surface area contributed by atoms with Crippen LogP contribution in [0.3, 0.4) is 0 Å². The summed E-state index contributed by atoms with van der Waals surface area (Å²) < 4.78 is 10.4. The molecule has 10 nitrogen and oxygen atoms in total. The Kier molecular flexibility index (Phi) is 8.81. The number of hydrogen-bond donors (Lipinski definition) is 2. The monoisotopic (exact) mass is 507 g/mol. The molecule has 186 valence electrons. The van der Waals surface area contributed by atoms with Crippen LogP contribution in [0, 0.1) is 17.2 Å². The number of carbonyl (C=O) groups excluding carboxylic acids is 3. The van der Waals surface area contributed by atoms with Gasteiger partial charge >= 0.3 is 11.9 Å². The van der Waals surface area contributed by atoms with Crippen molar-refractivity contribution in [2.45, 2.75) is 31.9 Å². The van der Waals surface area contributed by atoms with Crippen molar-refractivity contribution in [3.05, 3.63) is 53.7 Å². The van der Waals surface area contributed by atoms with Crippen LogP contribution in [0.15, 0.2) is 47.6 Å². The molecule has 1 unspecified atom stereocenters. The molecule has 0 spiro atoms. The van der Waals surface area contributed by atoms with E-state index in [4.69, 9.17) is 15.2 Å². The lowest BCUT2D eigenvalue weighted by atomic mass is 10.1. The standard InChI is InChI=1S/C25H25N5O5S/c1-4-34-25(33)17-11-15(12-26)24(30-22(17)27)36-13-20(31)35-21(14(2)3)23(32)29-19-9-5-8-18-16(19)7-6-10-28-18/h5-11,14,21H,4,13H2,1-3H3,(H2,27,30)(H,29,32). The molecule has 0 aliphatic carbocycles. The van der Waals surface area contributed by atoms with Crippen molar-refractivity contribution >= 4 is 52.0 Å². The minimum atomic E-state index is -1.05. The number of nitrogens with one attached hydrogen (secondary N) is 1. The Morgan fingerprint density at radius 3 is 2.69 bits per heavy atom. The van der Waals surface area contributed by atoms with Gasteiger partial charge in [-0.1, -0.05) is 31.7 Å². The zero-order valence-electron chi connectivity index (χ0n) is 20.0. The van der Waals surface area contributed by atoms with Crippen molar-refractivity contribution in [3.8, 4) is 6.07 Å². The number of fused-ring (bicyclic) bond motifs is 1. The van der Waals surface area contributed by atoms with Crippen LogP contribution in [0.4, 0.5) is 11.5 Å². The number of carbonyl (C=O) groups is 3. The molecule has 0 radical (unpaired) electrons. The number of anilines is 2. The average molecular weight is 508 g/mol. The first kappa shape index (κ1) is 26.4. The third kappa shape index (κ3) is 6.28. The molecule has 3 N–H and O–H groups in total. The van der Waals surface area contributed by atoms with E-state index in [9.17, 15) is 19.6 Å². The summed E-state index contributed by atoms with van der Waals surface area (Å²) in [6.45, 7) is 5.32. The van der Waals surface area contributed by atoms with Gasteiger partial charge in [-0.2, -0.15) is 5.26 Å². The molecule has 0 bridgehead atoms. The molecule has 0 aliphatic heterocycles. The van der Waals surface area contributed by atoms with Crippen LogP contribution >= 0.6 is 11.8 Å². The lowest BCUT2D eigenvalue weighted by molar-refractivity contribution is -0.154. The van der Waals surface area contributed by atoms with Gasteiger partial charge in [0, 0.05) is 11.6 Å². The highest BCUT2D eigenvalue weighted by molar-refractivity contribution is 7.99. The van der Waals surface area contributed by atoms with Crippen LogP contribution < -0.4 is 11.1 Å². The Hall–Kier alpha value is -4.17. The lowest BCUT2D eigenvalue weighted by Gasteiger charge is -2.21. The second-order valence-electron chi connectivity index (χ2n) is 7.91. The van der Waals surface area contributed by atoms with Crippen molar-refractivity contribution in [3.63, 3.8) is 0 Å². The minimum absolute atomic E-state index is 0.0273. The second kappa shape index (κ2) is 12.0. The van der Waals surface area contributed by atoms with Gasteiger partial charge in [-0.15, -0.1) is 0 Å². The Morgan fingerprint density at radius 1 is 1.22 bits per heavy atom. The number of thioether (sulfide) groups is 1. The third-order valence-electron chi connectivity index (χ3n) is 4.99. The van der Waals surface area contributed by atoms with Crippen LogP contribution in [-0.4, -0.2) is 46.3 Å². The largest absolute Gasteiger partial charge is 0.462 e. The normalized spacial score (nSPS) is 11.5. The number of pyridine rings is 2. The first-order chi connectivity index (χ1) is 17.2. The number of nitrogen functional groups attached to an aromatic ring is 1. The molecule has 2 aromatic heterocycles. The van der Waals surface area contributed by atoms with E-state index in [2.05, 4.69) is 15.3 Å². The maximum absolute atomic E-state index is 13.0. The summed E-state index contributed by atoms with van der Waals surface area (Å²) in [7, 11) is 0. The number of aromatic nitrogens is 2. The van der Waals surface area contributed by atoms with Crippen molar-refractivity contribution in [2.24, 2.45) is 5.92 Å². The summed E-state index contributed by atoms with van der Waals surface area (Å²) in [6.07, 6.45) is 0.610. The topological polar surface area (TPSA) is 157 Å². The lowest BCUT2D eigenvalue weighted by Crippen LogP contribution is -2.37. The summed E-state index contributed by atoms with van der Waals surface area (Å²) in [5.74, 6) is -2.49. The van der Waals surface area contributed by atoms with Crippen LogP contribution in [0.5, 0.6) is 0 Å². The van der Waals surface area contributed by atoms with Gasteiger partial charge in [-0.25, -0.2) is 9.78 Å². The quantitative estimate of drug-likeness (QED) is 0.324. The molecule has 1 aromatic carbocycles. The molecule has 0 saturated carbocycles. The van der Waals surface area contributed by atoms with E-state index < -0.39 is 23.9 Å². The zero-order chi connectivity index (χ0) is 26.2. The number of nitrogens with zero attached hydrogens (tertiary/aromatic N) is 3. The number of esters is 2. The summed E-state index contributed by atoms with van der Waals surface area (Å²) in [5, 5.41) is 13.2. The summed E-state index contributed by atoms with van der Waals surface area (Å²) >= 11 is 0.919.